The SMILES string of the molecule is COc1ccc(NC(=O)[C@@H](C)NS(=O)(=O)c2ccc(OC)c(OC)c2)cc1OC. The minimum Gasteiger partial charge on any atom is -0.493 e. The Labute approximate surface area is 170 Å². The summed E-state index contributed by atoms with van der Waals surface area (Å²) in [5.74, 6) is 1.06. The normalized spacial score (nSPS) is 12.0. The van der Waals surface area contributed by atoms with E-state index >= 15 is 0 Å². The second kappa shape index (κ2) is 9.48. The van der Waals surface area contributed by atoms with Crippen molar-refractivity contribution in [2.75, 3.05) is 33.8 Å². The zero-order valence-corrected chi connectivity index (χ0v) is 17.6. The Morgan fingerprint density at radius 3 is 1.90 bits per heavy atom. The number of carbonyl (C=O) groups excluding carboxylic acids is 1. The fourth-order valence-electron chi connectivity index (χ4n) is 2.50. The molecule has 1 atom stereocenters. The quantitative estimate of drug-likeness (QED) is 0.633. The predicted octanol–water partition coefficient (Wildman–Crippen LogP) is 2.03. The average molecular weight is 424 g/mol. The molecule has 0 aromatic heterocycles. The number of hydrogen-bond donors (Lipinski definition) is 2. The van der Waals surface area contributed by atoms with E-state index in [1.54, 1.807) is 18.2 Å². The highest BCUT2D eigenvalue weighted by Crippen LogP contribution is 2.30. The van der Waals surface area contributed by atoms with Crippen molar-refractivity contribution < 1.29 is 32.2 Å². The number of rotatable bonds is 9. The van der Waals surface area contributed by atoms with Crippen molar-refractivity contribution in [3.05, 3.63) is 36.4 Å². The summed E-state index contributed by atoms with van der Waals surface area (Å²) in [6, 6.07) is 7.94. The van der Waals surface area contributed by atoms with E-state index in [0.717, 1.165) is 0 Å². The van der Waals surface area contributed by atoms with E-state index in [1.807, 2.05) is 0 Å². The number of hydrogen-bond acceptors (Lipinski definition) is 7. The Bertz CT molecular complexity index is 977. The number of amides is 1. The molecule has 0 aliphatic heterocycles. The third kappa shape index (κ3) is 5.30. The molecule has 0 unspecified atom stereocenters. The van der Waals surface area contributed by atoms with Crippen LogP contribution in [0.5, 0.6) is 23.0 Å². The molecule has 0 bridgehead atoms. The maximum Gasteiger partial charge on any atom is 0.242 e. The van der Waals surface area contributed by atoms with Crippen LogP contribution in [0.4, 0.5) is 5.69 Å². The molecule has 0 spiro atoms. The van der Waals surface area contributed by atoms with Gasteiger partial charge in [0, 0.05) is 17.8 Å². The van der Waals surface area contributed by atoms with E-state index < -0.39 is 22.0 Å². The van der Waals surface area contributed by atoms with Gasteiger partial charge in [-0.1, -0.05) is 0 Å². The van der Waals surface area contributed by atoms with E-state index in [4.69, 9.17) is 18.9 Å². The molecule has 2 rings (SSSR count). The molecule has 2 N–H and O–H groups in total. The highest BCUT2D eigenvalue weighted by atomic mass is 32.2. The summed E-state index contributed by atoms with van der Waals surface area (Å²) < 4.78 is 48.2. The van der Waals surface area contributed by atoms with Crippen molar-refractivity contribution in [3.8, 4) is 23.0 Å². The second-order valence-corrected chi connectivity index (χ2v) is 7.63. The summed E-state index contributed by atoms with van der Waals surface area (Å²) >= 11 is 0. The number of nitrogens with one attached hydrogen (secondary N) is 2. The number of methoxy groups -OCH3 is 4. The lowest BCUT2D eigenvalue weighted by atomic mass is 10.2. The van der Waals surface area contributed by atoms with Gasteiger partial charge in [0.1, 0.15) is 0 Å². The van der Waals surface area contributed by atoms with Crippen LogP contribution >= 0.6 is 0 Å². The number of ether oxygens (including phenoxy) is 4. The molecule has 0 fully saturated rings. The lowest BCUT2D eigenvalue weighted by Gasteiger charge is -2.16. The maximum atomic E-state index is 12.6. The molecule has 0 saturated carbocycles. The van der Waals surface area contributed by atoms with Gasteiger partial charge in [-0.25, -0.2) is 8.42 Å². The fraction of sp³-hybridized carbons (Fsp3) is 0.316. The summed E-state index contributed by atoms with van der Waals surface area (Å²) in [6.07, 6.45) is 0. The van der Waals surface area contributed by atoms with Crippen molar-refractivity contribution in [3.63, 3.8) is 0 Å². The molecule has 10 heteroatoms. The predicted molar refractivity (Wildman–Crippen MR) is 108 cm³/mol. The Morgan fingerprint density at radius 1 is 0.828 bits per heavy atom. The van der Waals surface area contributed by atoms with Crippen LogP contribution in [0.25, 0.3) is 0 Å². The van der Waals surface area contributed by atoms with Gasteiger partial charge in [0.2, 0.25) is 15.9 Å². The van der Waals surface area contributed by atoms with Crippen LogP contribution in [0.15, 0.2) is 41.3 Å². The highest BCUT2D eigenvalue weighted by Gasteiger charge is 2.23. The van der Waals surface area contributed by atoms with Gasteiger partial charge < -0.3 is 24.3 Å². The Hall–Kier alpha value is -2.98. The van der Waals surface area contributed by atoms with Gasteiger partial charge in [0.25, 0.3) is 0 Å². The lowest BCUT2D eigenvalue weighted by molar-refractivity contribution is -0.117. The van der Waals surface area contributed by atoms with Gasteiger partial charge in [-0.15, -0.1) is 0 Å². The number of anilines is 1. The fourth-order valence-corrected chi connectivity index (χ4v) is 3.72. The number of sulfonamides is 1. The van der Waals surface area contributed by atoms with Gasteiger partial charge in [0.15, 0.2) is 23.0 Å². The largest absolute Gasteiger partial charge is 0.493 e. The molecule has 1 amide bonds. The van der Waals surface area contributed by atoms with Gasteiger partial charge >= 0.3 is 0 Å². The third-order valence-corrected chi connectivity index (χ3v) is 5.58. The minimum absolute atomic E-state index is 0.0547. The number of benzene rings is 2. The zero-order valence-electron chi connectivity index (χ0n) is 16.8. The molecule has 29 heavy (non-hydrogen) atoms. The molecule has 0 radical (unpaired) electrons. The van der Waals surface area contributed by atoms with Crippen molar-refractivity contribution >= 4 is 21.6 Å². The monoisotopic (exact) mass is 424 g/mol. The van der Waals surface area contributed by atoms with E-state index in [1.165, 1.54) is 53.6 Å². The van der Waals surface area contributed by atoms with Crippen LogP contribution in [0.3, 0.4) is 0 Å². The molecule has 0 saturated heterocycles. The standard InChI is InChI=1S/C19H24N2O7S/c1-12(19(22)20-13-6-8-15(25-2)17(10-13)27-4)21-29(23,24)14-7-9-16(26-3)18(11-14)28-5/h6-12,21H,1-5H3,(H,20,22)/t12-/m1/s1. The van der Waals surface area contributed by atoms with Gasteiger partial charge in [-0.3, -0.25) is 4.79 Å². The van der Waals surface area contributed by atoms with Crippen LogP contribution in [-0.4, -0.2) is 48.8 Å². The molecule has 158 valence electrons. The molecule has 0 aliphatic rings. The van der Waals surface area contributed by atoms with Crippen molar-refractivity contribution in [1.82, 2.24) is 4.72 Å². The first-order valence-corrected chi connectivity index (χ1v) is 10.0. The van der Waals surface area contributed by atoms with Crippen LogP contribution in [0, 0.1) is 0 Å². The van der Waals surface area contributed by atoms with Gasteiger partial charge in [0.05, 0.1) is 39.4 Å². The summed E-state index contributed by atoms with van der Waals surface area (Å²) in [5, 5.41) is 2.64. The highest BCUT2D eigenvalue weighted by molar-refractivity contribution is 7.89. The average Bonchev–Trinajstić information content (AvgIpc) is 2.72. The first-order chi connectivity index (χ1) is 13.7. The van der Waals surface area contributed by atoms with Crippen molar-refractivity contribution in [1.29, 1.82) is 0 Å². The first kappa shape index (κ1) is 22.3. The lowest BCUT2D eigenvalue weighted by Crippen LogP contribution is -2.41. The Morgan fingerprint density at radius 2 is 1.34 bits per heavy atom. The molecule has 0 aliphatic carbocycles. The number of carbonyl (C=O) groups is 1. The summed E-state index contributed by atoms with van der Waals surface area (Å²) in [4.78, 5) is 12.4. The minimum atomic E-state index is -3.97. The van der Waals surface area contributed by atoms with E-state index in [0.29, 0.717) is 22.9 Å². The van der Waals surface area contributed by atoms with Gasteiger partial charge in [-0.2, -0.15) is 4.72 Å². The van der Waals surface area contributed by atoms with E-state index in [9.17, 15) is 13.2 Å². The van der Waals surface area contributed by atoms with Crippen molar-refractivity contribution in [2.45, 2.75) is 17.9 Å². The Balaban J connectivity index is 2.14. The molecule has 2 aromatic carbocycles. The van der Waals surface area contributed by atoms with Crippen LogP contribution in [0.1, 0.15) is 6.92 Å². The van der Waals surface area contributed by atoms with Crippen LogP contribution in [0.2, 0.25) is 0 Å². The first-order valence-electron chi connectivity index (χ1n) is 8.53. The van der Waals surface area contributed by atoms with Gasteiger partial charge in [-0.05, 0) is 31.2 Å². The van der Waals surface area contributed by atoms with Crippen LogP contribution in [-0.2, 0) is 14.8 Å². The molecule has 2 aromatic rings. The summed E-state index contributed by atoms with van der Waals surface area (Å²) in [6.45, 7) is 1.44. The second-order valence-electron chi connectivity index (χ2n) is 5.92. The smallest absolute Gasteiger partial charge is 0.242 e. The maximum absolute atomic E-state index is 12.6. The summed E-state index contributed by atoms with van der Waals surface area (Å²) in [5.41, 5.74) is 0.435. The van der Waals surface area contributed by atoms with Crippen molar-refractivity contribution in [2.24, 2.45) is 0 Å². The Kier molecular flexibility index (Phi) is 7.29. The summed E-state index contributed by atoms with van der Waals surface area (Å²) in [7, 11) is 1.86. The molecular formula is C19H24N2O7S. The topological polar surface area (TPSA) is 112 Å². The molecular weight excluding hydrogens is 400 g/mol. The molecule has 0 heterocycles. The molecule has 9 nitrogen and oxygen atoms in total. The van der Waals surface area contributed by atoms with E-state index in [-0.39, 0.29) is 10.6 Å². The zero-order chi connectivity index (χ0) is 21.6. The van der Waals surface area contributed by atoms with E-state index in [2.05, 4.69) is 10.0 Å². The third-order valence-electron chi connectivity index (χ3n) is 4.04. The van der Waals surface area contributed by atoms with Crippen LogP contribution < -0.4 is 29.0 Å².